The number of hydrogen-bond acceptors (Lipinski definition) is 1. The molecular weight excluding hydrogens is 337 g/mol. The lowest BCUT2D eigenvalue weighted by Crippen LogP contribution is -1.96. The van der Waals surface area contributed by atoms with Gasteiger partial charge in [0.1, 0.15) is 12.1 Å². The molecule has 0 aliphatic rings. The fourth-order valence-electron chi connectivity index (χ4n) is 3.72. The van der Waals surface area contributed by atoms with Gasteiger partial charge in [-0.15, -0.1) is 0 Å². The number of carbonyl (C=O) groups is 1. The monoisotopic (exact) mass is 365 g/mol. The van der Waals surface area contributed by atoms with Crippen LogP contribution in [0.5, 0.6) is 0 Å². The predicted octanol–water partition coefficient (Wildman–Crippen LogP) is 6.55. The highest BCUT2D eigenvalue weighted by molar-refractivity contribution is 5.90. The molecule has 142 valence electrons. The molecule has 0 unspecified atom stereocenters. The molecule has 0 aliphatic carbocycles. The molecule has 1 heterocycles. The van der Waals surface area contributed by atoms with Crippen molar-refractivity contribution < 1.29 is 9.18 Å². The predicted molar refractivity (Wildman–Crippen MR) is 110 cm³/mol. The Labute approximate surface area is 161 Å². The lowest BCUT2D eigenvalue weighted by Gasteiger charge is -2.07. The fraction of sp³-hybridized carbons (Fsp3) is 0.375. The van der Waals surface area contributed by atoms with Crippen molar-refractivity contribution in [3.05, 3.63) is 60.0 Å². The first-order valence-corrected chi connectivity index (χ1v) is 10.0. The summed E-state index contributed by atoms with van der Waals surface area (Å²) in [6, 6.07) is 12.9. The third-order valence-electron chi connectivity index (χ3n) is 5.18. The van der Waals surface area contributed by atoms with Crippen molar-refractivity contribution in [3.8, 4) is 11.1 Å². The van der Waals surface area contributed by atoms with Crippen LogP contribution < -0.4 is 0 Å². The smallest absolute Gasteiger partial charge is 0.124 e. The summed E-state index contributed by atoms with van der Waals surface area (Å²) in [5.74, 6) is -0.235. The highest BCUT2D eigenvalue weighted by Gasteiger charge is 2.10. The van der Waals surface area contributed by atoms with Crippen LogP contribution in [0.25, 0.3) is 22.0 Å². The molecule has 0 bridgehead atoms. The van der Waals surface area contributed by atoms with Crippen LogP contribution >= 0.6 is 0 Å². The van der Waals surface area contributed by atoms with Crippen LogP contribution in [0.1, 0.15) is 51.0 Å². The van der Waals surface area contributed by atoms with Crippen LogP contribution in [0, 0.1) is 5.82 Å². The number of nitrogens with zero attached hydrogens (tertiary/aromatic N) is 1. The van der Waals surface area contributed by atoms with Gasteiger partial charge in [-0.25, -0.2) is 4.39 Å². The van der Waals surface area contributed by atoms with Crippen molar-refractivity contribution in [2.24, 2.45) is 0 Å². The number of unbranched alkanes of at least 4 members (excludes halogenated alkanes) is 5. The van der Waals surface area contributed by atoms with Gasteiger partial charge in [0, 0.05) is 30.1 Å². The summed E-state index contributed by atoms with van der Waals surface area (Å²) in [6.07, 6.45) is 11.1. The van der Waals surface area contributed by atoms with Crippen molar-refractivity contribution >= 4 is 17.2 Å². The Balaban J connectivity index is 1.82. The van der Waals surface area contributed by atoms with Crippen LogP contribution in [0.2, 0.25) is 0 Å². The van der Waals surface area contributed by atoms with Gasteiger partial charge in [0.2, 0.25) is 0 Å². The Morgan fingerprint density at radius 3 is 2.52 bits per heavy atom. The van der Waals surface area contributed by atoms with Crippen LogP contribution in [0.4, 0.5) is 4.39 Å². The number of halogens is 1. The van der Waals surface area contributed by atoms with Gasteiger partial charge in [-0.3, -0.25) is 0 Å². The second-order valence-corrected chi connectivity index (χ2v) is 7.23. The molecule has 0 amide bonds. The van der Waals surface area contributed by atoms with Crippen molar-refractivity contribution in [1.82, 2.24) is 4.57 Å². The minimum absolute atomic E-state index is 0.235. The molecule has 3 aromatic rings. The van der Waals surface area contributed by atoms with Gasteiger partial charge in [0.25, 0.3) is 0 Å². The normalized spacial score (nSPS) is 11.2. The summed E-state index contributed by atoms with van der Waals surface area (Å²) >= 11 is 0. The SMILES string of the molecule is CCCCCCCCn1cc(CC=O)c2cc(-c3cccc(F)c3)ccc21. The molecule has 0 atom stereocenters. The van der Waals surface area contributed by atoms with Crippen molar-refractivity contribution in [1.29, 1.82) is 0 Å². The average molecular weight is 365 g/mol. The van der Waals surface area contributed by atoms with E-state index >= 15 is 0 Å². The summed E-state index contributed by atoms with van der Waals surface area (Å²) in [5, 5.41) is 1.09. The van der Waals surface area contributed by atoms with E-state index in [1.165, 1.54) is 38.2 Å². The van der Waals surface area contributed by atoms with Crippen molar-refractivity contribution in [2.75, 3.05) is 0 Å². The van der Waals surface area contributed by atoms with Crippen molar-refractivity contribution in [3.63, 3.8) is 0 Å². The maximum Gasteiger partial charge on any atom is 0.124 e. The Bertz CT molecular complexity index is 897. The lowest BCUT2D eigenvalue weighted by molar-refractivity contribution is -0.107. The lowest BCUT2D eigenvalue weighted by atomic mass is 10.0. The van der Waals surface area contributed by atoms with E-state index in [4.69, 9.17) is 0 Å². The van der Waals surface area contributed by atoms with Gasteiger partial charge >= 0.3 is 0 Å². The molecule has 27 heavy (non-hydrogen) atoms. The summed E-state index contributed by atoms with van der Waals surface area (Å²) in [5.41, 5.74) is 4.04. The summed E-state index contributed by atoms with van der Waals surface area (Å²) in [4.78, 5) is 11.1. The zero-order valence-corrected chi connectivity index (χ0v) is 16.1. The molecule has 0 aliphatic heterocycles. The van der Waals surface area contributed by atoms with Gasteiger partial charge in [0.15, 0.2) is 0 Å². The van der Waals surface area contributed by atoms with Crippen LogP contribution in [-0.4, -0.2) is 10.9 Å². The Hall–Kier alpha value is -2.42. The number of hydrogen-bond donors (Lipinski definition) is 0. The minimum atomic E-state index is -0.235. The van der Waals surface area contributed by atoms with Gasteiger partial charge in [-0.2, -0.15) is 0 Å². The molecular formula is C24H28FNO. The Morgan fingerprint density at radius 1 is 0.963 bits per heavy atom. The molecule has 0 spiro atoms. The van der Waals surface area contributed by atoms with Crippen LogP contribution in [0.15, 0.2) is 48.7 Å². The molecule has 0 radical (unpaired) electrons. The first kappa shape index (κ1) is 19.3. The molecule has 3 heteroatoms. The zero-order valence-electron chi connectivity index (χ0n) is 16.1. The van der Waals surface area contributed by atoms with E-state index in [0.717, 1.165) is 46.8 Å². The topological polar surface area (TPSA) is 22.0 Å². The molecule has 1 aromatic heterocycles. The zero-order chi connectivity index (χ0) is 19.1. The van der Waals surface area contributed by atoms with E-state index < -0.39 is 0 Å². The van der Waals surface area contributed by atoms with Crippen molar-refractivity contribution in [2.45, 2.75) is 58.4 Å². The maximum atomic E-state index is 13.6. The Kier molecular flexibility index (Phi) is 6.80. The number of benzene rings is 2. The van der Waals surface area contributed by atoms with Gasteiger partial charge in [-0.1, -0.05) is 57.2 Å². The van der Waals surface area contributed by atoms with Gasteiger partial charge in [-0.05, 0) is 47.4 Å². The molecule has 0 saturated heterocycles. The second kappa shape index (κ2) is 9.50. The first-order valence-electron chi connectivity index (χ1n) is 10.0. The first-order chi connectivity index (χ1) is 13.2. The molecule has 0 saturated carbocycles. The minimum Gasteiger partial charge on any atom is -0.347 e. The molecule has 2 nitrogen and oxygen atoms in total. The van der Waals surface area contributed by atoms with Crippen LogP contribution in [-0.2, 0) is 17.8 Å². The highest BCUT2D eigenvalue weighted by Crippen LogP contribution is 2.29. The number of aldehydes is 1. The quantitative estimate of drug-likeness (QED) is 0.295. The second-order valence-electron chi connectivity index (χ2n) is 7.23. The maximum absolute atomic E-state index is 13.6. The van der Waals surface area contributed by atoms with Gasteiger partial charge < -0.3 is 9.36 Å². The summed E-state index contributed by atoms with van der Waals surface area (Å²) in [6.45, 7) is 3.21. The Morgan fingerprint density at radius 2 is 1.74 bits per heavy atom. The number of fused-ring (bicyclic) bond motifs is 1. The van der Waals surface area contributed by atoms with E-state index in [1.54, 1.807) is 12.1 Å². The van der Waals surface area contributed by atoms with E-state index in [-0.39, 0.29) is 5.82 Å². The molecule has 2 aromatic carbocycles. The van der Waals surface area contributed by atoms with E-state index in [0.29, 0.717) is 6.42 Å². The summed E-state index contributed by atoms with van der Waals surface area (Å²) < 4.78 is 15.8. The fourth-order valence-corrected chi connectivity index (χ4v) is 3.72. The number of carbonyl (C=O) groups excluding carboxylic acids is 1. The molecule has 0 N–H and O–H groups in total. The van der Waals surface area contributed by atoms with Gasteiger partial charge in [0.05, 0.1) is 0 Å². The average Bonchev–Trinajstić information content (AvgIpc) is 3.02. The highest BCUT2D eigenvalue weighted by atomic mass is 19.1. The van der Waals surface area contributed by atoms with E-state index in [9.17, 15) is 9.18 Å². The van der Waals surface area contributed by atoms with E-state index in [2.05, 4.69) is 29.8 Å². The number of aromatic nitrogens is 1. The number of aryl methyl sites for hydroxylation is 1. The molecule has 0 fully saturated rings. The third kappa shape index (κ3) is 4.85. The third-order valence-corrected chi connectivity index (χ3v) is 5.18. The number of rotatable bonds is 10. The standard InChI is InChI=1S/C24H28FNO/c1-2-3-4-5-6-7-14-26-18-21(13-15-27)23-17-20(11-12-24(23)26)19-9-8-10-22(25)16-19/h8-12,15-18H,2-7,13-14H2,1H3. The molecule has 3 rings (SSSR count). The van der Waals surface area contributed by atoms with E-state index in [1.807, 2.05) is 12.1 Å². The largest absolute Gasteiger partial charge is 0.347 e. The summed E-state index contributed by atoms with van der Waals surface area (Å²) in [7, 11) is 0. The van der Waals surface area contributed by atoms with Crippen LogP contribution in [0.3, 0.4) is 0 Å².